The van der Waals surface area contributed by atoms with Crippen molar-refractivity contribution in [3.05, 3.63) is 18.2 Å². The van der Waals surface area contributed by atoms with E-state index in [1.807, 2.05) is 10.8 Å². The first-order chi connectivity index (χ1) is 12.0. The molecule has 2 fully saturated rings. The van der Waals surface area contributed by atoms with Crippen molar-refractivity contribution in [1.82, 2.24) is 25.1 Å². The molecule has 1 saturated heterocycles. The van der Waals surface area contributed by atoms with Crippen LogP contribution in [0.4, 0.5) is 4.79 Å². The Hall–Kier alpha value is -2.38. The summed E-state index contributed by atoms with van der Waals surface area (Å²) in [7, 11) is 0. The largest absolute Gasteiger partial charge is 0.350 e. The van der Waals surface area contributed by atoms with Crippen LogP contribution < -0.4 is 10.6 Å². The highest BCUT2D eigenvalue weighted by atomic mass is 16.2. The SMILES string of the molecule is C[C@H](C(=O)N[C@H]1CCc2nccn2C1)N1C(=O)NC2(CCCC2)C1=O. The molecule has 0 aromatic carbocycles. The third-order valence-corrected chi connectivity index (χ3v) is 5.70. The Morgan fingerprint density at radius 2 is 2.16 bits per heavy atom. The molecule has 1 saturated carbocycles. The molecule has 8 nitrogen and oxygen atoms in total. The van der Waals surface area contributed by atoms with Gasteiger partial charge in [-0.1, -0.05) is 12.8 Å². The molecular formula is C17H23N5O3. The molecule has 3 heterocycles. The Labute approximate surface area is 146 Å². The van der Waals surface area contributed by atoms with Crippen molar-refractivity contribution < 1.29 is 14.4 Å². The number of nitrogens with one attached hydrogen (secondary N) is 2. The zero-order chi connectivity index (χ0) is 17.6. The molecule has 1 spiro atoms. The number of imidazole rings is 1. The number of fused-ring (bicyclic) bond motifs is 1. The standard InChI is InChI=1S/C17H23N5O3/c1-11(22-15(24)17(20-16(22)25)6-2-3-7-17)14(23)19-12-4-5-13-18-8-9-21(13)10-12/h8-9,11-12H,2-7,10H2,1H3,(H,19,23)(H,20,25)/t11-,12+/m1/s1. The minimum absolute atomic E-state index is 0.0159. The lowest BCUT2D eigenvalue weighted by Crippen LogP contribution is -2.52. The van der Waals surface area contributed by atoms with Crippen molar-refractivity contribution in [3.8, 4) is 0 Å². The highest BCUT2D eigenvalue weighted by Crippen LogP contribution is 2.35. The van der Waals surface area contributed by atoms with Gasteiger partial charge in [-0.2, -0.15) is 0 Å². The number of aryl methyl sites for hydroxylation is 1. The van der Waals surface area contributed by atoms with Crippen LogP contribution in [-0.2, 0) is 22.6 Å². The fourth-order valence-corrected chi connectivity index (χ4v) is 4.23. The molecule has 1 aromatic heterocycles. The second-order valence-corrected chi connectivity index (χ2v) is 7.31. The van der Waals surface area contributed by atoms with Gasteiger partial charge in [0.2, 0.25) is 5.91 Å². The van der Waals surface area contributed by atoms with E-state index in [1.54, 1.807) is 13.1 Å². The summed E-state index contributed by atoms with van der Waals surface area (Å²) in [5, 5.41) is 5.81. The number of aromatic nitrogens is 2. The van der Waals surface area contributed by atoms with Gasteiger partial charge >= 0.3 is 6.03 Å². The number of hydrogen-bond donors (Lipinski definition) is 2. The Kier molecular flexibility index (Phi) is 3.77. The summed E-state index contributed by atoms with van der Waals surface area (Å²) < 4.78 is 2.03. The summed E-state index contributed by atoms with van der Waals surface area (Å²) in [6.07, 6.45) is 8.45. The van der Waals surface area contributed by atoms with E-state index >= 15 is 0 Å². The van der Waals surface area contributed by atoms with Gasteiger partial charge in [0.1, 0.15) is 17.4 Å². The Morgan fingerprint density at radius 1 is 1.40 bits per heavy atom. The lowest BCUT2D eigenvalue weighted by atomic mass is 9.97. The molecule has 4 amide bonds. The summed E-state index contributed by atoms with van der Waals surface area (Å²) >= 11 is 0. The van der Waals surface area contributed by atoms with Crippen molar-refractivity contribution >= 4 is 17.8 Å². The summed E-state index contributed by atoms with van der Waals surface area (Å²) in [4.78, 5) is 43.1. The average Bonchev–Trinajstić information content (AvgIpc) is 3.28. The molecule has 1 aromatic rings. The second kappa shape index (κ2) is 5.86. The van der Waals surface area contributed by atoms with Crippen molar-refractivity contribution in [1.29, 1.82) is 0 Å². The predicted molar refractivity (Wildman–Crippen MR) is 88.5 cm³/mol. The third-order valence-electron chi connectivity index (χ3n) is 5.70. The van der Waals surface area contributed by atoms with E-state index in [0.29, 0.717) is 19.4 Å². The molecule has 2 N–H and O–H groups in total. The highest BCUT2D eigenvalue weighted by molar-refractivity contribution is 6.09. The van der Waals surface area contributed by atoms with Gasteiger partial charge in [0.15, 0.2) is 0 Å². The minimum Gasteiger partial charge on any atom is -0.350 e. The van der Waals surface area contributed by atoms with Gasteiger partial charge in [-0.25, -0.2) is 14.7 Å². The predicted octanol–water partition coefficient (Wildman–Crippen LogP) is 0.567. The fourth-order valence-electron chi connectivity index (χ4n) is 4.23. The van der Waals surface area contributed by atoms with Gasteiger partial charge in [0.05, 0.1) is 0 Å². The highest BCUT2D eigenvalue weighted by Gasteiger charge is 2.54. The third kappa shape index (κ3) is 2.60. The quantitative estimate of drug-likeness (QED) is 0.783. The van der Waals surface area contributed by atoms with Crippen LogP contribution in [0.3, 0.4) is 0 Å². The molecule has 2 aliphatic heterocycles. The first-order valence-corrected chi connectivity index (χ1v) is 8.96. The maximum atomic E-state index is 12.8. The van der Waals surface area contributed by atoms with Crippen molar-refractivity contribution in [2.24, 2.45) is 0 Å². The number of imide groups is 1. The van der Waals surface area contributed by atoms with Crippen molar-refractivity contribution in [3.63, 3.8) is 0 Å². The molecule has 134 valence electrons. The smallest absolute Gasteiger partial charge is 0.325 e. The Balaban J connectivity index is 1.42. The van der Waals surface area contributed by atoms with Crippen LogP contribution in [-0.4, -0.2) is 49.9 Å². The number of urea groups is 1. The van der Waals surface area contributed by atoms with Gasteiger partial charge in [-0.3, -0.25) is 9.59 Å². The van der Waals surface area contributed by atoms with E-state index in [9.17, 15) is 14.4 Å². The molecule has 8 heteroatoms. The summed E-state index contributed by atoms with van der Waals surface area (Å²) in [5.41, 5.74) is -0.776. The molecule has 4 rings (SSSR count). The molecule has 2 atom stereocenters. The fraction of sp³-hybridized carbons (Fsp3) is 0.647. The summed E-state index contributed by atoms with van der Waals surface area (Å²) in [5.74, 6) is 0.487. The lowest BCUT2D eigenvalue weighted by Gasteiger charge is -2.28. The Morgan fingerprint density at radius 3 is 2.92 bits per heavy atom. The van der Waals surface area contributed by atoms with Crippen molar-refractivity contribution in [2.75, 3.05) is 0 Å². The second-order valence-electron chi connectivity index (χ2n) is 7.31. The van der Waals surface area contributed by atoms with Crippen LogP contribution in [0.15, 0.2) is 12.4 Å². The summed E-state index contributed by atoms with van der Waals surface area (Å²) in [6.45, 7) is 2.28. The van der Waals surface area contributed by atoms with E-state index in [2.05, 4.69) is 15.6 Å². The molecule has 25 heavy (non-hydrogen) atoms. The number of amides is 4. The van der Waals surface area contributed by atoms with Gasteiger partial charge in [-0.15, -0.1) is 0 Å². The number of rotatable bonds is 3. The number of nitrogens with zero attached hydrogens (tertiary/aromatic N) is 3. The normalized spacial score (nSPS) is 25.8. The first kappa shape index (κ1) is 16.1. The van der Waals surface area contributed by atoms with E-state index in [4.69, 9.17) is 0 Å². The topological polar surface area (TPSA) is 96.3 Å². The van der Waals surface area contributed by atoms with Crippen LogP contribution in [0.5, 0.6) is 0 Å². The maximum Gasteiger partial charge on any atom is 0.325 e. The number of carbonyl (C=O) groups is 3. The number of hydrogen-bond acceptors (Lipinski definition) is 4. The zero-order valence-electron chi connectivity index (χ0n) is 14.3. The van der Waals surface area contributed by atoms with E-state index < -0.39 is 17.6 Å². The van der Waals surface area contributed by atoms with E-state index in [1.165, 1.54) is 0 Å². The molecule has 0 unspecified atom stereocenters. The van der Waals surface area contributed by atoms with E-state index in [-0.39, 0.29) is 17.9 Å². The van der Waals surface area contributed by atoms with Gasteiger partial charge in [-0.05, 0) is 26.2 Å². The van der Waals surface area contributed by atoms with Crippen molar-refractivity contribution in [2.45, 2.75) is 69.6 Å². The molecule has 0 bridgehead atoms. The number of carbonyl (C=O) groups excluding carboxylic acids is 3. The van der Waals surface area contributed by atoms with Crippen LogP contribution in [0.25, 0.3) is 0 Å². The Bertz CT molecular complexity index is 722. The van der Waals surface area contributed by atoms with Gasteiger partial charge in [0.25, 0.3) is 5.91 Å². The molecule has 3 aliphatic rings. The summed E-state index contributed by atoms with van der Waals surface area (Å²) in [6, 6.07) is -1.27. The van der Waals surface area contributed by atoms with Crippen LogP contribution >= 0.6 is 0 Å². The van der Waals surface area contributed by atoms with Crippen LogP contribution in [0.2, 0.25) is 0 Å². The minimum atomic E-state index is -0.809. The van der Waals surface area contributed by atoms with E-state index in [0.717, 1.165) is 36.4 Å². The molecular weight excluding hydrogens is 322 g/mol. The molecule has 1 aliphatic carbocycles. The van der Waals surface area contributed by atoms with Crippen LogP contribution in [0.1, 0.15) is 44.9 Å². The zero-order valence-corrected chi connectivity index (χ0v) is 14.3. The molecule has 0 radical (unpaired) electrons. The average molecular weight is 345 g/mol. The maximum absolute atomic E-state index is 12.8. The monoisotopic (exact) mass is 345 g/mol. The van der Waals surface area contributed by atoms with Gasteiger partial charge in [0, 0.05) is 31.4 Å². The van der Waals surface area contributed by atoms with Gasteiger partial charge < -0.3 is 15.2 Å². The lowest BCUT2D eigenvalue weighted by molar-refractivity contribution is -0.138. The van der Waals surface area contributed by atoms with Crippen LogP contribution in [0, 0.1) is 0 Å². The first-order valence-electron chi connectivity index (χ1n) is 8.96.